The van der Waals surface area contributed by atoms with Crippen LogP contribution >= 0.6 is 0 Å². The summed E-state index contributed by atoms with van der Waals surface area (Å²) >= 11 is 0. The minimum atomic E-state index is -0.551. The van der Waals surface area contributed by atoms with Gasteiger partial charge in [-0.2, -0.15) is 5.10 Å². The summed E-state index contributed by atoms with van der Waals surface area (Å²) in [5, 5.41) is 7.40. The Labute approximate surface area is 188 Å². The molecule has 0 aromatic carbocycles. The monoisotopic (exact) mass is 433 g/mol. The smallest absolute Gasteiger partial charge is 0.252 e. The van der Waals surface area contributed by atoms with Gasteiger partial charge >= 0.3 is 0 Å². The number of allylic oxidation sites excluding steroid dienone is 2. The maximum absolute atomic E-state index is 12.2. The second-order valence-corrected chi connectivity index (χ2v) is 9.55. The van der Waals surface area contributed by atoms with Crippen LogP contribution in [0.2, 0.25) is 0 Å². The van der Waals surface area contributed by atoms with Crippen molar-refractivity contribution in [1.82, 2.24) is 14.9 Å². The number of aliphatic imine (C=N–C) groups is 1. The third-order valence-corrected chi connectivity index (χ3v) is 7.26. The fraction of sp³-hybridized carbons (Fsp3) is 0.440. The quantitative estimate of drug-likeness (QED) is 0.695. The molecule has 7 nitrogen and oxygen atoms in total. The zero-order valence-corrected chi connectivity index (χ0v) is 19.1. The minimum absolute atomic E-state index is 0.0761. The fourth-order valence-corrected chi connectivity index (χ4v) is 4.80. The second-order valence-electron chi connectivity index (χ2n) is 9.55. The predicted molar refractivity (Wildman–Crippen MR) is 127 cm³/mol. The predicted octanol–water partition coefficient (Wildman–Crippen LogP) is 4.06. The molecule has 32 heavy (non-hydrogen) atoms. The molecule has 2 heterocycles. The van der Waals surface area contributed by atoms with Crippen LogP contribution in [0.4, 0.5) is 5.69 Å². The molecule has 3 N–H and O–H groups in total. The van der Waals surface area contributed by atoms with Crippen LogP contribution in [0.3, 0.4) is 0 Å². The van der Waals surface area contributed by atoms with E-state index in [2.05, 4.69) is 31.2 Å². The molecule has 3 atom stereocenters. The van der Waals surface area contributed by atoms with Gasteiger partial charge in [0.25, 0.3) is 5.91 Å². The first-order chi connectivity index (χ1) is 15.2. The highest BCUT2D eigenvalue weighted by Crippen LogP contribution is 2.46. The van der Waals surface area contributed by atoms with E-state index in [0.717, 1.165) is 24.0 Å². The number of carbonyl (C=O) groups is 2. The Morgan fingerprint density at radius 1 is 1.34 bits per heavy atom. The summed E-state index contributed by atoms with van der Waals surface area (Å²) in [4.78, 5) is 28.6. The average molecular weight is 434 g/mol. The number of hydrogen-bond acceptors (Lipinski definition) is 4. The molecule has 0 aliphatic heterocycles. The van der Waals surface area contributed by atoms with Crippen molar-refractivity contribution in [2.75, 3.05) is 0 Å². The van der Waals surface area contributed by atoms with E-state index in [1.807, 2.05) is 36.7 Å². The molecule has 2 aliphatic carbocycles. The van der Waals surface area contributed by atoms with Crippen LogP contribution in [0.25, 0.3) is 11.1 Å². The van der Waals surface area contributed by atoms with E-state index < -0.39 is 5.91 Å². The lowest BCUT2D eigenvalue weighted by molar-refractivity contribution is -0.119. The lowest BCUT2D eigenvalue weighted by Gasteiger charge is -2.28. The van der Waals surface area contributed by atoms with Gasteiger partial charge in [0, 0.05) is 24.9 Å². The molecule has 0 saturated heterocycles. The molecule has 168 valence electrons. The summed E-state index contributed by atoms with van der Waals surface area (Å²) in [6, 6.07) is 1.85. The summed E-state index contributed by atoms with van der Waals surface area (Å²) in [7, 11) is 0. The number of carbonyl (C=O) groups excluding carboxylic acids is 2. The number of hydrogen-bond donors (Lipinski definition) is 2. The zero-order chi connectivity index (χ0) is 23.0. The van der Waals surface area contributed by atoms with Crippen molar-refractivity contribution < 1.29 is 9.59 Å². The zero-order valence-electron chi connectivity index (χ0n) is 19.1. The molecule has 2 amide bonds. The highest BCUT2D eigenvalue weighted by atomic mass is 16.1. The van der Waals surface area contributed by atoms with Crippen LogP contribution in [0.1, 0.15) is 62.9 Å². The molecule has 1 saturated carbocycles. The highest BCUT2D eigenvalue weighted by Gasteiger charge is 2.39. The van der Waals surface area contributed by atoms with Gasteiger partial charge in [-0.15, -0.1) is 0 Å². The molecule has 2 aromatic heterocycles. The molecule has 0 radical (unpaired) electrons. The summed E-state index contributed by atoms with van der Waals surface area (Å²) in [6.07, 6.45) is 14.4. The fourth-order valence-electron chi connectivity index (χ4n) is 4.80. The molecule has 4 rings (SSSR count). The Bertz CT molecular complexity index is 1150. The minimum Gasteiger partial charge on any atom is -0.365 e. The van der Waals surface area contributed by atoms with Gasteiger partial charge < -0.3 is 11.1 Å². The third-order valence-electron chi connectivity index (χ3n) is 7.26. The van der Waals surface area contributed by atoms with Gasteiger partial charge in [0.1, 0.15) is 5.69 Å². The molecular formula is C25H31N5O2. The van der Waals surface area contributed by atoms with Crippen LogP contribution in [-0.4, -0.2) is 33.7 Å². The molecule has 2 aromatic rings. The SMILES string of the molecule is CC(=O)NC1CC=CC=C1c1cc2c(N=CC3CCC(C)C3(C)C)c(C(N)=O)cnn2c1. The Balaban J connectivity index is 1.77. The number of nitrogens with one attached hydrogen (secondary N) is 1. The molecule has 0 spiro atoms. The van der Waals surface area contributed by atoms with E-state index in [1.54, 1.807) is 4.52 Å². The van der Waals surface area contributed by atoms with Crippen LogP contribution in [-0.2, 0) is 4.79 Å². The van der Waals surface area contributed by atoms with Gasteiger partial charge in [-0.1, -0.05) is 39.0 Å². The average Bonchev–Trinajstić information content (AvgIpc) is 3.27. The van der Waals surface area contributed by atoms with Crippen LogP contribution < -0.4 is 11.1 Å². The lowest BCUT2D eigenvalue weighted by atomic mass is 9.77. The first-order valence-corrected chi connectivity index (χ1v) is 11.2. The first-order valence-electron chi connectivity index (χ1n) is 11.2. The third kappa shape index (κ3) is 3.99. The topological polar surface area (TPSA) is 102 Å². The van der Waals surface area contributed by atoms with Gasteiger partial charge in [0.15, 0.2) is 0 Å². The lowest BCUT2D eigenvalue weighted by Crippen LogP contribution is -2.34. The summed E-state index contributed by atoms with van der Waals surface area (Å²) in [5.41, 5.74) is 9.29. The largest absolute Gasteiger partial charge is 0.365 e. The summed E-state index contributed by atoms with van der Waals surface area (Å²) < 4.78 is 1.72. The van der Waals surface area contributed by atoms with E-state index in [1.165, 1.54) is 19.5 Å². The van der Waals surface area contributed by atoms with Crippen molar-refractivity contribution in [2.45, 2.75) is 53.0 Å². The maximum atomic E-state index is 12.2. The van der Waals surface area contributed by atoms with Crippen LogP contribution in [0, 0.1) is 17.3 Å². The molecule has 2 aliphatic rings. The number of primary amides is 1. The standard InChI is InChI=1S/C25H31N5O2/c1-15-9-10-18(25(15,3)4)12-27-23-20(24(26)32)13-28-30-14-17(11-22(23)30)19-7-5-6-8-21(19)29-16(2)31/h5-7,11-15,18,21H,8-10H2,1-4H3,(H2,26,32)(H,29,31). The number of aromatic nitrogens is 2. The van der Waals surface area contributed by atoms with E-state index in [4.69, 9.17) is 10.7 Å². The van der Waals surface area contributed by atoms with Gasteiger partial charge in [0.2, 0.25) is 5.91 Å². The molecule has 3 unspecified atom stereocenters. The van der Waals surface area contributed by atoms with E-state index >= 15 is 0 Å². The molecule has 7 heteroatoms. The second kappa shape index (κ2) is 8.37. The van der Waals surface area contributed by atoms with Crippen molar-refractivity contribution in [3.8, 4) is 0 Å². The van der Waals surface area contributed by atoms with E-state index in [0.29, 0.717) is 28.6 Å². The van der Waals surface area contributed by atoms with Crippen molar-refractivity contribution >= 4 is 34.8 Å². The Hall–Kier alpha value is -3.22. The van der Waals surface area contributed by atoms with Gasteiger partial charge in [-0.05, 0) is 48.2 Å². The molecule has 0 bridgehead atoms. The number of fused-ring (bicyclic) bond motifs is 1. The van der Waals surface area contributed by atoms with Gasteiger partial charge in [-0.25, -0.2) is 4.52 Å². The van der Waals surface area contributed by atoms with E-state index in [-0.39, 0.29) is 17.4 Å². The Morgan fingerprint density at radius 2 is 2.12 bits per heavy atom. The molecule has 1 fully saturated rings. The van der Waals surface area contributed by atoms with Crippen molar-refractivity contribution in [3.05, 3.63) is 47.8 Å². The highest BCUT2D eigenvalue weighted by molar-refractivity contribution is 6.02. The number of nitrogens with two attached hydrogens (primary N) is 1. The maximum Gasteiger partial charge on any atom is 0.252 e. The Kier molecular flexibility index (Phi) is 5.75. The number of nitrogens with zero attached hydrogens (tertiary/aromatic N) is 3. The van der Waals surface area contributed by atoms with E-state index in [9.17, 15) is 9.59 Å². The van der Waals surface area contributed by atoms with Crippen molar-refractivity contribution in [2.24, 2.45) is 28.0 Å². The van der Waals surface area contributed by atoms with Gasteiger partial charge in [0.05, 0.1) is 23.3 Å². The molecular weight excluding hydrogens is 402 g/mol. The summed E-state index contributed by atoms with van der Waals surface area (Å²) in [6.45, 7) is 8.35. The Morgan fingerprint density at radius 3 is 2.78 bits per heavy atom. The van der Waals surface area contributed by atoms with Crippen LogP contribution in [0.15, 0.2) is 41.7 Å². The number of amides is 2. The van der Waals surface area contributed by atoms with Crippen molar-refractivity contribution in [1.29, 1.82) is 0 Å². The summed E-state index contributed by atoms with van der Waals surface area (Å²) in [5.74, 6) is 0.317. The van der Waals surface area contributed by atoms with Crippen LogP contribution in [0.5, 0.6) is 0 Å². The first kappa shape index (κ1) is 22.0. The number of rotatable bonds is 5. The van der Waals surface area contributed by atoms with Crippen molar-refractivity contribution in [3.63, 3.8) is 0 Å². The normalized spacial score (nSPS) is 24.8. The van der Waals surface area contributed by atoms with Gasteiger partial charge in [-0.3, -0.25) is 14.6 Å².